The molecule has 124 valence electrons. The molecule has 25 heavy (non-hydrogen) atoms. The summed E-state index contributed by atoms with van der Waals surface area (Å²) in [6.45, 7) is 0. The number of fused-ring (bicyclic) bond motifs is 3. The van der Waals surface area contributed by atoms with Crippen molar-refractivity contribution in [1.82, 2.24) is 8.96 Å². The average Bonchev–Trinajstić information content (AvgIpc) is 3.07. The molecule has 0 saturated heterocycles. The number of nitriles is 1. The molecule has 1 N–H and O–H groups in total. The molecule has 0 saturated carbocycles. The number of aromatic nitrogens is 2. The standard InChI is InChI=1S/C18H13N3O3S/c19-11-14-10-13-7-6-12-8-9-21(17(12)16(13)20-18(14)22)25(23,24)15-4-2-1-3-5-15/h1-5,8-10H,6-7H2,(H,20,22). The van der Waals surface area contributed by atoms with E-state index in [4.69, 9.17) is 5.26 Å². The number of benzene rings is 1. The van der Waals surface area contributed by atoms with E-state index in [9.17, 15) is 13.2 Å². The van der Waals surface area contributed by atoms with Gasteiger partial charge < -0.3 is 4.98 Å². The van der Waals surface area contributed by atoms with Crippen LogP contribution in [0.15, 0.2) is 58.4 Å². The van der Waals surface area contributed by atoms with Crippen LogP contribution >= 0.6 is 0 Å². The van der Waals surface area contributed by atoms with E-state index in [1.807, 2.05) is 6.07 Å². The Kier molecular flexibility index (Phi) is 3.37. The molecule has 0 aliphatic heterocycles. The molecule has 3 aromatic rings. The Morgan fingerprint density at radius 3 is 2.52 bits per heavy atom. The number of rotatable bonds is 2. The summed E-state index contributed by atoms with van der Waals surface area (Å²) in [5.41, 5.74) is 2.07. The number of nitrogens with one attached hydrogen (secondary N) is 1. The molecule has 6 nitrogen and oxygen atoms in total. The van der Waals surface area contributed by atoms with Gasteiger partial charge in [-0.1, -0.05) is 18.2 Å². The minimum absolute atomic E-state index is 0.0335. The van der Waals surface area contributed by atoms with E-state index in [0.29, 0.717) is 24.2 Å². The van der Waals surface area contributed by atoms with Crippen LogP contribution in [0.2, 0.25) is 0 Å². The van der Waals surface area contributed by atoms with Crippen molar-refractivity contribution in [1.29, 1.82) is 5.26 Å². The lowest BCUT2D eigenvalue weighted by Gasteiger charge is -2.19. The van der Waals surface area contributed by atoms with Crippen LogP contribution in [-0.2, 0) is 22.9 Å². The van der Waals surface area contributed by atoms with E-state index in [1.54, 1.807) is 30.3 Å². The first-order valence-corrected chi connectivity index (χ1v) is 9.14. The number of hydrogen-bond donors (Lipinski definition) is 1. The van der Waals surface area contributed by atoms with Crippen molar-refractivity contribution in [3.8, 4) is 17.5 Å². The first-order chi connectivity index (χ1) is 12.0. The number of aromatic amines is 1. The summed E-state index contributed by atoms with van der Waals surface area (Å²) in [7, 11) is -3.78. The molecule has 1 aliphatic rings. The van der Waals surface area contributed by atoms with Crippen molar-refractivity contribution in [2.45, 2.75) is 17.7 Å². The minimum atomic E-state index is -3.78. The molecule has 1 aliphatic carbocycles. The van der Waals surface area contributed by atoms with Gasteiger partial charge in [-0.15, -0.1) is 0 Å². The zero-order valence-electron chi connectivity index (χ0n) is 13.1. The molecule has 1 aromatic carbocycles. The quantitative estimate of drug-likeness (QED) is 0.764. The number of H-pyrrole nitrogens is 1. The van der Waals surface area contributed by atoms with Gasteiger partial charge in [-0.2, -0.15) is 5.26 Å². The van der Waals surface area contributed by atoms with Crippen LogP contribution in [0.4, 0.5) is 0 Å². The Hall–Kier alpha value is -3.11. The van der Waals surface area contributed by atoms with E-state index in [1.165, 1.54) is 22.3 Å². The molecule has 0 atom stereocenters. The largest absolute Gasteiger partial charge is 0.319 e. The van der Waals surface area contributed by atoms with Gasteiger partial charge in [0.1, 0.15) is 11.6 Å². The Balaban J connectivity index is 1.98. The summed E-state index contributed by atoms with van der Waals surface area (Å²) in [6, 6.07) is 13.3. The molecule has 2 aromatic heterocycles. The topological polar surface area (TPSA) is 95.7 Å². The predicted molar refractivity (Wildman–Crippen MR) is 91.6 cm³/mol. The fourth-order valence-corrected chi connectivity index (χ4v) is 4.56. The summed E-state index contributed by atoms with van der Waals surface area (Å²) in [4.78, 5) is 14.9. The molecule has 0 fully saturated rings. The van der Waals surface area contributed by atoms with Crippen LogP contribution in [0.3, 0.4) is 0 Å². The maximum atomic E-state index is 13.0. The van der Waals surface area contributed by atoms with Gasteiger partial charge in [0.2, 0.25) is 0 Å². The minimum Gasteiger partial charge on any atom is -0.319 e. The summed E-state index contributed by atoms with van der Waals surface area (Å²) in [5, 5.41) is 9.04. The van der Waals surface area contributed by atoms with Crippen molar-refractivity contribution in [2.24, 2.45) is 0 Å². The van der Waals surface area contributed by atoms with Gasteiger partial charge in [0.05, 0.1) is 16.3 Å². The molecular weight excluding hydrogens is 338 g/mol. The van der Waals surface area contributed by atoms with E-state index in [-0.39, 0.29) is 10.5 Å². The van der Waals surface area contributed by atoms with Crippen LogP contribution in [-0.4, -0.2) is 17.4 Å². The summed E-state index contributed by atoms with van der Waals surface area (Å²) < 4.78 is 27.2. The summed E-state index contributed by atoms with van der Waals surface area (Å²) in [5.74, 6) is 0. The monoisotopic (exact) mass is 351 g/mol. The predicted octanol–water partition coefficient (Wildman–Crippen LogP) is 2.05. The third-order valence-electron chi connectivity index (χ3n) is 4.38. The first kappa shape index (κ1) is 15.4. The van der Waals surface area contributed by atoms with Gasteiger partial charge in [0, 0.05) is 6.20 Å². The molecule has 0 unspecified atom stereocenters. The zero-order chi connectivity index (χ0) is 17.6. The number of nitrogens with zero attached hydrogens (tertiary/aromatic N) is 2. The number of aryl methyl sites for hydroxylation is 2. The second-order valence-corrected chi connectivity index (χ2v) is 7.64. The van der Waals surface area contributed by atoms with E-state index >= 15 is 0 Å². The molecular formula is C18H13N3O3S. The third-order valence-corrected chi connectivity index (χ3v) is 6.07. The highest BCUT2D eigenvalue weighted by Gasteiger charge is 2.27. The summed E-state index contributed by atoms with van der Waals surface area (Å²) in [6.07, 6.45) is 2.80. The molecule has 0 spiro atoms. The van der Waals surface area contributed by atoms with Gasteiger partial charge in [-0.25, -0.2) is 12.4 Å². The van der Waals surface area contributed by atoms with E-state index < -0.39 is 15.6 Å². The molecule has 0 amide bonds. The van der Waals surface area contributed by atoms with Gasteiger partial charge in [-0.05, 0) is 48.2 Å². The van der Waals surface area contributed by atoms with Gasteiger partial charge >= 0.3 is 0 Å². The molecule has 0 bridgehead atoms. The Bertz CT molecular complexity index is 1180. The van der Waals surface area contributed by atoms with Gasteiger partial charge in [0.15, 0.2) is 0 Å². The van der Waals surface area contributed by atoms with Crippen LogP contribution in [0.1, 0.15) is 16.7 Å². The van der Waals surface area contributed by atoms with Crippen LogP contribution in [0.5, 0.6) is 0 Å². The maximum Gasteiger partial charge on any atom is 0.268 e. The van der Waals surface area contributed by atoms with Crippen molar-refractivity contribution >= 4 is 10.0 Å². The highest BCUT2D eigenvalue weighted by Crippen LogP contribution is 2.34. The van der Waals surface area contributed by atoms with E-state index in [0.717, 1.165) is 11.1 Å². The van der Waals surface area contributed by atoms with Crippen LogP contribution < -0.4 is 5.56 Å². The Morgan fingerprint density at radius 2 is 1.80 bits per heavy atom. The van der Waals surface area contributed by atoms with Crippen molar-refractivity contribution in [3.05, 3.63) is 75.7 Å². The third kappa shape index (κ3) is 2.30. The highest BCUT2D eigenvalue weighted by atomic mass is 32.2. The first-order valence-electron chi connectivity index (χ1n) is 7.70. The summed E-state index contributed by atoms with van der Waals surface area (Å²) >= 11 is 0. The van der Waals surface area contributed by atoms with Crippen molar-refractivity contribution in [3.63, 3.8) is 0 Å². The lowest BCUT2D eigenvalue weighted by Crippen LogP contribution is -2.20. The van der Waals surface area contributed by atoms with Gasteiger partial charge in [0.25, 0.3) is 15.6 Å². The fourth-order valence-electron chi connectivity index (χ4n) is 3.17. The Labute approximate surface area is 144 Å². The van der Waals surface area contributed by atoms with Crippen molar-refractivity contribution < 1.29 is 8.42 Å². The smallest absolute Gasteiger partial charge is 0.268 e. The Morgan fingerprint density at radius 1 is 1.08 bits per heavy atom. The SMILES string of the molecule is N#Cc1cc2c([nH]c1=O)-c1c(ccn1S(=O)(=O)c1ccccc1)CC2. The number of pyridine rings is 1. The zero-order valence-corrected chi connectivity index (χ0v) is 13.9. The maximum absolute atomic E-state index is 13.0. The van der Waals surface area contributed by atoms with Crippen molar-refractivity contribution in [2.75, 3.05) is 0 Å². The average molecular weight is 351 g/mol. The van der Waals surface area contributed by atoms with Crippen LogP contribution in [0, 0.1) is 11.3 Å². The normalized spacial score (nSPS) is 12.9. The lowest BCUT2D eigenvalue weighted by atomic mass is 9.93. The highest BCUT2D eigenvalue weighted by molar-refractivity contribution is 7.90. The molecule has 4 rings (SSSR count). The number of hydrogen-bond acceptors (Lipinski definition) is 4. The molecule has 0 radical (unpaired) electrons. The fraction of sp³-hybridized carbons (Fsp3) is 0.111. The van der Waals surface area contributed by atoms with Crippen LogP contribution in [0.25, 0.3) is 11.4 Å². The molecule has 2 heterocycles. The van der Waals surface area contributed by atoms with E-state index in [2.05, 4.69) is 4.98 Å². The lowest BCUT2D eigenvalue weighted by molar-refractivity contribution is 0.587. The molecule has 7 heteroatoms. The second-order valence-electron chi connectivity index (χ2n) is 5.83. The van der Waals surface area contributed by atoms with Gasteiger partial charge in [-0.3, -0.25) is 4.79 Å². The second kappa shape index (κ2) is 5.46.